The molecule has 0 saturated heterocycles. The Morgan fingerprint density at radius 2 is 1.54 bits per heavy atom. The molecule has 6 heteroatoms. The van der Waals surface area contributed by atoms with Crippen LogP contribution in [-0.2, 0) is 9.59 Å². The zero-order valence-corrected chi connectivity index (χ0v) is 13.2. The molecule has 0 aromatic heterocycles. The third-order valence-corrected chi connectivity index (χ3v) is 3.68. The van der Waals surface area contributed by atoms with Gasteiger partial charge in [0.15, 0.2) is 11.8 Å². The van der Waals surface area contributed by atoms with E-state index >= 15 is 0 Å². The number of amides is 2. The number of benzene rings is 2. The summed E-state index contributed by atoms with van der Waals surface area (Å²) in [7, 11) is 1.30. The van der Waals surface area contributed by atoms with E-state index in [-0.39, 0.29) is 0 Å². The molecule has 0 aliphatic carbocycles. The highest BCUT2D eigenvalue weighted by molar-refractivity contribution is 6.09. The number of hydrogen-bond donors (Lipinski definition) is 2. The number of likely N-dealkylation sites (N-methyl/N-ethyl adjacent to an activating group) is 1. The third kappa shape index (κ3) is 3.67. The van der Waals surface area contributed by atoms with Crippen molar-refractivity contribution in [1.82, 2.24) is 4.90 Å². The summed E-state index contributed by atoms with van der Waals surface area (Å²) < 4.78 is 0. The van der Waals surface area contributed by atoms with Gasteiger partial charge < -0.3 is 15.7 Å². The maximum Gasteiger partial charge on any atom is 0.254 e. The summed E-state index contributed by atoms with van der Waals surface area (Å²) in [5.41, 5.74) is 7.43. The fourth-order valence-corrected chi connectivity index (χ4v) is 2.41. The largest absolute Gasteiger partial charge is 0.388 e. The zero-order chi connectivity index (χ0) is 17.7. The molecule has 0 fully saturated rings. The van der Waals surface area contributed by atoms with E-state index in [1.807, 2.05) is 30.3 Å². The molecule has 1 atom stereocenters. The van der Waals surface area contributed by atoms with Crippen molar-refractivity contribution in [1.29, 1.82) is 0 Å². The van der Waals surface area contributed by atoms with Crippen molar-refractivity contribution in [2.24, 2.45) is 5.73 Å². The summed E-state index contributed by atoms with van der Waals surface area (Å²) in [5, 5.41) is 8.92. The van der Waals surface area contributed by atoms with Crippen LogP contribution in [0.1, 0.15) is 10.4 Å². The van der Waals surface area contributed by atoms with E-state index in [4.69, 9.17) is 10.8 Å². The first kappa shape index (κ1) is 17.4. The molecule has 1 unspecified atom stereocenters. The molecule has 0 spiro atoms. The van der Waals surface area contributed by atoms with Crippen LogP contribution in [0.25, 0.3) is 11.1 Å². The van der Waals surface area contributed by atoms with Crippen molar-refractivity contribution >= 4 is 17.6 Å². The van der Waals surface area contributed by atoms with Crippen LogP contribution in [0, 0.1) is 0 Å². The molecule has 24 heavy (non-hydrogen) atoms. The minimum atomic E-state index is -1.49. The number of Topliss-reactive ketones (excluding diaryl/α,β-unsaturated/α-hetero) is 1. The number of nitrogens with zero attached hydrogens (tertiary/aromatic N) is 1. The smallest absolute Gasteiger partial charge is 0.254 e. The fraction of sp³-hybridized carbons (Fsp3) is 0.167. The van der Waals surface area contributed by atoms with E-state index in [0.717, 1.165) is 16.0 Å². The molecule has 0 bridgehead atoms. The number of primary amides is 1. The van der Waals surface area contributed by atoms with Crippen molar-refractivity contribution < 1.29 is 19.5 Å². The van der Waals surface area contributed by atoms with Crippen molar-refractivity contribution in [2.45, 2.75) is 6.04 Å². The topological polar surface area (TPSA) is 101 Å². The Balaban J connectivity index is 2.23. The summed E-state index contributed by atoms with van der Waals surface area (Å²) in [6.07, 6.45) is 0. The maximum absolute atomic E-state index is 12.4. The molecule has 124 valence electrons. The number of carbonyl (C=O) groups is 3. The van der Waals surface area contributed by atoms with Crippen molar-refractivity contribution in [2.75, 3.05) is 13.7 Å². The lowest BCUT2D eigenvalue weighted by Gasteiger charge is -2.24. The van der Waals surface area contributed by atoms with E-state index in [1.165, 1.54) is 7.05 Å². The van der Waals surface area contributed by atoms with E-state index in [0.29, 0.717) is 5.56 Å². The van der Waals surface area contributed by atoms with Gasteiger partial charge in [-0.3, -0.25) is 14.4 Å². The molecule has 2 amide bonds. The summed E-state index contributed by atoms with van der Waals surface area (Å²) >= 11 is 0. The molecular formula is C18H18N2O4. The standard InChI is InChI=1S/C18H18N2O4/c1-20(16(17(19)23)15(22)11-21)18(24)14-9-7-13(8-10-14)12-5-3-2-4-6-12/h2-10,16,21H,11H2,1H3,(H2,19,23). The van der Waals surface area contributed by atoms with Crippen molar-refractivity contribution in [3.63, 3.8) is 0 Å². The van der Waals surface area contributed by atoms with E-state index in [2.05, 4.69) is 0 Å². The average molecular weight is 326 g/mol. The van der Waals surface area contributed by atoms with E-state index < -0.39 is 30.2 Å². The zero-order valence-electron chi connectivity index (χ0n) is 13.2. The molecule has 2 rings (SSSR count). The maximum atomic E-state index is 12.4. The monoisotopic (exact) mass is 326 g/mol. The molecule has 3 N–H and O–H groups in total. The third-order valence-electron chi connectivity index (χ3n) is 3.68. The van der Waals surface area contributed by atoms with Crippen molar-refractivity contribution in [3.8, 4) is 11.1 Å². The van der Waals surface area contributed by atoms with Gasteiger partial charge >= 0.3 is 0 Å². The Hall–Kier alpha value is -2.99. The quantitative estimate of drug-likeness (QED) is 0.768. The second kappa shape index (κ2) is 7.52. The fourth-order valence-electron chi connectivity index (χ4n) is 2.41. The lowest BCUT2D eigenvalue weighted by atomic mass is 10.0. The van der Waals surface area contributed by atoms with Gasteiger partial charge in [0.25, 0.3) is 5.91 Å². The number of ketones is 1. The van der Waals surface area contributed by atoms with Gasteiger partial charge in [0.05, 0.1) is 0 Å². The molecule has 0 radical (unpaired) electrons. The number of aliphatic hydroxyl groups is 1. The second-order valence-electron chi connectivity index (χ2n) is 5.29. The number of aliphatic hydroxyl groups excluding tert-OH is 1. The molecule has 6 nitrogen and oxygen atoms in total. The van der Waals surface area contributed by atoms with Gasteiger partial charge in [0, 0.05) is 12.6 Å². The average Bonchev–Trinajstić information content (AvgIpc) is 2.61. The van der Waals surface area contributed by atoms with Crippen LogP contribution in [0.15, 0.2) is 54.6 Å². The number of hydrogen-bond acceptors (Lipinski definition) is 4. The van der Waals surface area contributed by atoms with Gasteiger partial charge in [0.1, 0.15) is 6.61 Å². The molecule has 2 aromatic rings. The lowest BCUT2D eigenvalue weighted by Crippen LogP contribution is -2.51. The number of rotatable bonds is 6. The predicted molar refractivity (Wildman–Crippen MR) is 89.0 cm³/mol. The Kier molecular flexibility index (Phi) is 5.44. The molecule has 0 aliphatic rings. The van der Waals surface area contributed by atoms with E-state index in [9.17, 15) is 14.4 Å². The van der Waals surface area contributed by atoms with Crippen LogP contribution in [0.2, 0.25) is 0 Å². The van der Waals surface area contributed by atoms with E-state index in [1.54, 1.807) is 24.3 Å². The SMILES string of the molecule is CN(C(=O)c1ccc(-c2ccccc2)cc1)C(C(N)=O)C(=O)CO. The Morgan fingerprint density at radius 3 is 2.04 bits per heavy atom. The van der Waals surface area contributed by atoms with Crippen LogP contribution in [0.3, 0.4) is 0 Å². The first-order valence-electron chi connectivity index (χ1n) is 7.31. The molecule has 2 aromatic carbocycles. The normalized spacial score (nSPS) is 11.6. The first-order chi connectivity index (χ1) is 11.5. The highest BCUT2D eigenvalue weighted by Gasteiger charge is 2.31. The number of carbonyl (C=O) groups excluding carboxylic acids is 3. The van der Waals surface area contributed by atoms with Crippen LogP contribution in [0.5, 0.6) is 0 Å². The van der Waals surface area contributed by atoms with Crippen LogP contribution < -0.4 is 5.73 Å². The summed E-state index contributed by atoms with van der Waals surface area (Å²) in [6, 6.07) is 15.0. The highest BCUT2D eigenvalue weighted by Crippen LogP contribution is 2.20. The summed E-state index contributed by atoms with van der Waals surface area (Å²) in [4.78, 5) is 36.4. The summed E-state index contributed by atoms with van der Waals surface area (Å²) in [5.74, 6) is -2.33. The Bertz CT molecular complexity index is 741. The number of nitrogens with two attached hydrogens (primary N) is 1. The predicted octanol–water partition coefficient (Wildman–Crippen LogP) is 0.841. The first-order valence-corrected chi connectivity index (χ1v) is 7.31. The van der Waals surface area contributed by atoms with Gasteiger partial charge in [0.2, 0.25) is 5.91 Å². The molecule has 0 heterocycles. The minimum Gasteiger partial charge on any atom is -0.388 e. The molecule has 0 aliphatic heterocycles. The van der Waals surface area contributed by atoms with Crippen LogP contribution in [-0.4, -0.2) is 47.3 Å². The van der Waals surface area contributed by atoms with Gasteiger partial charge in [-0.05, 0) is 23.3 Å². The summed E-state index contributed by atoms with van der Waals surface area (Å²) in [6.45, 7) is -0.863. The van der Waals surface area contributed by atoms with Gasteiger partial charge in [-0.15, -0.1) is 0 Å². The minimum absolute atomic E-state index is 0.314. The van der Waals surface area contributed by atoms with Gasteiger partial charge in [-0.1, -0.05) is 42.5 Å². The van der Waals surface area contributed by atoms with Gasteiger partial charge in [-0.25, -0.2) is 0 Å². The van der Waals surface area contributed by atoms with Gasteiger partial charge in [-0.2, -0.15) is 0 Å². The lowest BCUT2D eigenvalue weighted by molar-refractivity contribution is -0.134. The Morgan fingerprint density at radius 1 is 1.00 bits per heavy atom. The molecule has 0 saturated carbocycles. The Labute approximate surface area is 139 Å². The van der Waals surface area contributed by atoms with Crippen molar-refractivity contribution in [3.05, 3.63) is 60.2 Å². The molecular weight excluding hydrogens is 308 g/mol. The highest BCUT2D eigenvalue weighted by atomic mass is 16.3. The second-order valence-corrected chi connectivity index (χ2v) is 5.29. The van der Waals surface area contributed by atoms with Crippen LogP contribution >= 0.6 is 0 Å². The van der Waals surface area contributed by atoms with Crippen LogP contribution in [0.4, 0.5) is 0 Å².